The van der Waals surface area contributed by atoms with Crippen molar-refractivity contribution in [2.75, 3.05) is 0 Å². The van der Waals surface area contributed by atoms with Gasteiger partial charge in [0, 0.05) is 22.0 Å². The molecule has 1 N–H and O–H groups in total. The Balaban J connectivity index is 2.27. The minimum atomic E-state index is -4.42. The Morgan fingerprint density at radius 1 is 1.04 bits per heavy atom. The molecule has 0 aliphatic heterocycles. The zero-order valence-corrected chi connectivity index (χ0v) is 12.8. The van der Waals surface area contributed by atoms with Gasteiger partial charge in [0.25, 0.3) is 0 Å². The maximum Gasteiger partial charge on any atom is 0.417 e. The summed E-state index contributed by atoms with van der Waals surface area (Å²) in [6.07, 6.45) is -1.10. The highest BCUT2D eigenvalue weighted by Crippen LogP contribution is 2.40. The van der Waals surface area contributed by atoms with Gasteiger partial charge in [-0.3, -0.25) is 0 Å². The topological polar surface area (TPSA) is 41.6 Å². The molecule has 0 atom stereocenters. The van der Waals surface area contributed by atoms with Gasteiger partial charge < -0.3 is 4.98 Å². The summed E-state index contributed by atoms with van der Waals surface area (Å²) in [5.74, 6) is 0. The molecule has 3 aromatic rings. The van der Waals surface area contributed by atoms with Crippen molar-refractivity contribution in [3.63, 3.8) is 0 Å². The van der Waals surface area contributed by atoms with Crippen molar-refractivity contribution in [3.8, 4) is 0 Å². The van der Waals surface area contributed by atoms with E-state index in [-0.39, 0.29) is 10.2 Å². The van der Waals surface area contributed by atoms with Crippen LogP contribution in [0, 0.1) is 4.77 Å². The van der Waals surface area contributed by atoms with E-state index in [0.29, 0.717) is 23.0 Å². The van der Waals surface area contributed by atoms with E-state index in [2.05, 4.69) is 15.0 Å². The highest BCUT2D eigenvalue weighted by atomic mass is 32.1. The van der Waals surface area contributed by atoms with Crippen LogP contribution < -0.4 is 0 Å². The van der Waals surface area contributed by atoms with Crippen molar-refractivity contribution in [3.05, 3.63) is 39.8 Å². The lowest BCUT2D eigenvalue weighted by Crippen LogP contribution is -2.06. The minimum Gasteiger partial charge on any atom is -0.339 e. The monoisotopic (exact) mass is 335 g/mol. The number of benzene rings is 1. The predicted molar refractivity (Wildman–Crippen MR) is 83.9 cm³/mol. The zero-order chi connectivity index (χ0) is 16.2. The summed E-state index contributed by atoms with van der Waals surface area (Å²) in [6.45, 7) is 0. The molecule has 23 heavy (non-hydrogen) atoms. The number of nitrogens with zero attached hydrogens (tertiary/aromatic N) is 2. The van der Waals surface area contributed by atoms with Gasteiger partial charge in [-0.05, 0) is 55.6 Å². The third-order valence-electron chi connectivity index (χ3n) is 4.29. The van der Waals surface area contributed by atoms with E-state index in [1.165, 1.54) is 6.07 Å². The van der Waals surface area contributed by atoms with E-state index in [4.69, 9.17) is 12.2 Å². The summed E-state index contributed by atoms with van der Waals surface area (Å²) in [4.78, 5) is 11.5. The van der Waals surface area contributed by atoms with Crippen LogP contribution >= 0.6 is 12.2 Å². The van der Waals surface area contributed by atoms with Gasteiger partial charge in [-0.15, -0.1) is 0 Å². The van der Waals surface area contributed by atoms with Gasteiger partial charge in [0.1, 0.15) is 5.65 Å². The number of alkyl halides is 3. The number of rotatable bonds is 0. The smallest absolute Gasteiger partial charge is 0.339 e. The Bertz CT molecular complexity index is 992. The van der Waals surface area contributed by atoms with Gasteiger partial charge in [-0.2, -0.15) is 13.2 Å². The molecule has 1 aliphatic rings. The van der Waals surface area contributed by atoms with E-state index in [9.17, 15) is 13.2 Å². The fraction of sp³-hybridized carbons (Fsp3) is 0.312. The lowest BCUT2D eigenvalue weighted by Gasteiger charge is -2.14. The van der Waals surface area contributed by atoms with E-state index in [1.807, 2.05) is 0 Å². The van der Waals surface area contributed by atoms with Crippen LogP contribution in [0.1, 0.15) is 29.7 Å². The molecule has 7 heteroatoms. The number of hydrogen-bond donors (Lipinski definition) is 1. The van der Waals surface area contributed by atoms with E-state index in [0.717, 1.165) is 36.6 Å². The summed E-state index contributed by atoms with van der Waals surface area (Å²) >= 11 is 5.14. The van der Waals surface area contributed by atoms with Crippen LogP contribution in [0.5, 0.6) is 0 Å². The second kappa shape index (κ2) is 4.99. The van der Waals surface area contributed by atoms with Gasteiger partial charge in [0.2, 0.25) is 4.77 Å². The molecular formula is C16H12F3N3S. The maximum atomic E-state index is 13.5. The van der Waals surface area contributed by atoms with E-state index >= 15 is 0 Å². The summed E-state index contributed by atoms with van der Waals surface area (Å²) < 4.78 is 40.5. The van der Waals surface area contributed by atoms with Crippen molar-refractivity contribution in [1.29, 1.82) is 0 Å². The second-order valence-corrected chi connectivity index (χ2v) is 6.08. The highest BCUT2D eigenvalue weighted by Gasteiger charge is 2.34. The first-order valence-corrected chi connectivity index (χ1v) is 7.77. The first-order valence-electron chi connectivity index (χ1n) is 7.37. The normalized spacial score (nSPS) is 15.1. The largest absolute Gasteiger partial charge is 0.417 e. The molecule has 3 nitrogen and oxygen atoms in total. The summed E-state index contributed by atoms with van der Waals surface area (Å²) in [5, 5.41) is 0.694. The summed E-state index contributed by atoms with van der Waals surface area (Å²) in [5.41, 5.74) is 1.79. The van der Waals surface area contributed by atoms with Crippen molar-refractivity contribution < 1.29 is 13.2 Å². The highest BCUT2D eigenvalue weighted by molar-refractivity contribution is 7.71. The Hall–Kier alpha value is -2.02. The van der Waals surface area contributed by atoms with Crippen LogP contribution in [0.2, 0.25) is 0 Å². The Labute approximate surface area is 134 Å². The number of fused-ring (bicyclic) bond motifs is 5. The summed E-state index contributed by atoms with van der Waals surface area (Å²) in [6, 6.07) is 4.15. The van der Waals surface area contributed by atoms with Crippen LogP contribution in [-0.4, -0.2) is 15.0 Å². The number of aromatic nitrogens is 3. The molecule has 0 saturated carbocycles. The van der Waals surface area contributed by atoms with Gasteiger partial charge in [0.15, 0.2) is 0 Å². The molecule has 1 aliphatic carbocycles. The molecule has 0 bridgehead atoms. The molecule has 2 aromatic heterocycles. The third kappa shape index (κ3) is 2.30. The van der Waals surface area contributed by atoms with Crippen molar-refractivity contribution in [1.82, 2.24) is 15.0 Å². The van der Waals surface area contributed by atoms with Crippen LogP contribution in [0.4, 0.5) is 13.2 Å². The minimum absolute atomic E-state index is 0.165. The molecule has 2 heterocycles. The van der Waals surface area contributed by atoms with E-state index in [1.54, 1.807) is 6.07 Å². The first kappa shape index (κ1) is 14.6. The van der Waals surface area contributed by atoms with Crippen molar-refractivity contribution in [2.24, 2.45) is 0 Å². The molecule has 0 amide bonds. The molecule has 0 radical (unpaired) electrons. The Kier molecular flexibility index (Phi) is 3.16. The molecule has 1 aromatic carbocycles. The third-order valence-corrected chi connectivity index (χ3v) is 4.47. The second-order valence-electron chi connectivity index (χ2n) is 5.71. The lowest BCUT2D eigenvalue weighted by molar-refractivity contribution is -0.136. The molecule has 0 fully saturated rings. The average molecular weight is 335 g/mol. The maximum absolute atomic E-state index is 13.5. The lowest BCUT2D eigenvalue weighted by atomic mass is 9.93. The fourth-order valence-electron chi connectivity index (χ4n) is 3.37. The predicted octanol–water partition coefficient (Wildman–Crippen LogP) is 4.74. The van der Waals surface area contributed by atoms with Gasteiger partial charge in [-0.25, -0.2) is 9.97 Å². The number of nitrogens with one attached hydrogen (secondary N) is 1. The first-order chi connectivity index (χ1) is 10.9. The Morgan fingerprint density at radius 2 is 1.83 bits per heavy atom. The van der Waals surface area contributed by atoms with Crippen LogP contribution in [-0.2, 0) is 19.0 Å². The number of aryl methyl sites for hydroxylation is 2. The van der Waals surface area contributed by atoms with Crippen molar-refractivity contribution in [2.45, 2.75) is 31.9 Å². The SMILES string of the molecule is FC(F)(F)c1cccc2[nH]c3nc(=S)nc4c(c3c12)CCCC4. The van der Waals surface area contributed by atoms with Crippen LogP contribution in [0.25, 0.3) is 21.9 Å². The van der Waals surface area contributed by atoms with Gasteiger partial charge >= 0.3 is 6.18 Å². The number of aromatic amines is 1. The van der Waals surface area contributed by atoms with Gasteiger partial charge in [0.05, 0.1) is 5.56 Å². The van der Waals surface area contributed by atoms with Crippen LogP contribution in [0.3, 0.4) is 0 Å². The molecule has 118 valence electrons. The number of hydrogen-bond acceptors (Lipinski definition) is 3. The molecule has 4 rings (SSSR count). The molecule has 0 unspecified atom stereocenters. The Morgan fingerprint density at radius 3 is 2.61 bits per heavy atom. The van der Waals surface area contributed by atoms with E-state index < -0.39 is 11.7 Å². The molecular weight excluding hydrogens is 323 g/mol. The molecule has 0 spiro atoms. The van der Waals surface area contributed by atoms with Gasteiger partial charge in [-0.1, -0.05) is 6.07 Å². The van der Waals surface area contributed by atoms with Crippen LogP contribution in [0.15, 0.2) is 18.2 Å². The fourth-order valence-corrected chi connectivity index (χ4v) is 3.57. The number of H-pyrrole nitrogens is 1. The number of halogens is 3. The summed E-state index contributed by atoms with van der Waals surface area (Å²) in [7, 11) is 0. The van der Waals surface area contributed by atoms with Crippen molar-refractivity contribution >= 4 is 34.2 Å². The quantitative estimate of drug-likeness (QED) is 0.604. The zero-order valence-electron chi connectivity index (χ0n) is 12.0. The average Bonchev–Trinajstić information content (AvgIpc) is 2.77. The molecule has 0 saturated heterocycles. The standard InChI is InChI=1S/C16H12F3N3S/c17-16(18,19)9-5-3-7-11-13(9)12-8-4-1-2-6-10(8)21-15(23)22-14(12)20-11/h3,5,7H,1-2,4,6H2,(H,20,21,22,23).